The van der Waals surface area contributed by atoms with Gasteiger partial charge in [-0.3, -0.25) is 0 Å². The van der Waals surface area contributed by atoms with Gasteiger partial charge in [0, 0.05) is 5.57 Å². The Labute approximate surface area is 166 Å². The summed E-state index contributed by atoms with van der Waals surface area (Å²) >= 11 is 0. The van der Waals surface area contributed by atoms with Crippen LogP contribution < -0.4 is 0 Å². The summed E-state index contributed by atoms with van der Waals surface area (Å²) in [4.78, 5) is 11.5. The van der Waals surface area contributed by atoms with E-state index in [9.17, 15) is 4.79 Å². The van der Waals surface area contributed by atoms with Crippen LogP contribution in [0.5, 0.6) is 0 Å². The van der Waals surface area contributed by atoms with Gasteiger partial charge in [-0.25, -0.2) is 4.79 Å². The minimum absolute atomic E-state index is 0.336. The minimum atomic E-state index is -1.89. The van der Waals surface area contributed by atoms with E-state index in [1.807, 2.05) is 0 Å². The van der Waals surface area contributed by atoms with Crippen molar-refractivity contribution < 1.29 is 22.8 Å². The van der Waals surface area contributed by atoms with Gasteiger partial charge in [-0.05, 0) is 72.3 Å². The fourth-order valence-corrected chi connectivity index (χ4v) is 9.15. The summed E-state index contributed by atoms with van der Waals surface area (Å²) < 4.78 is 24.7. The van der Waals surface area contributed by atoms with Crippen LogP contribution in [0.3, 0.4) is 0 Å². The Morgan fingerprint density at radius 3 is 1.58 bits per heavy atom. The van der Waals surface area contributed by atoms with Gasteiger partial charge < -0.3 is 18.0 Å². The van der Waals surface area contributed by atoms with Gasteiger partial charge in [0.25, 0.3) is 0 Å². The molecule has 0 aliphatic carbocycles. The monoisotopic (exact) mass is 434 g/mol. The molecule has 0 N–H and O–H groups in total. The lowest BCUT2D eigenvalue weighted by atomic mass is 10.4. The maximum Gasteiger partial charge on any atom is 0.333 e. The molecule has 0 aromatic heterocycles. The van der Waals surface area contributed by atoms with Crippen LogP contribution >= 0.6 is 0 Å². The van der Waals surface area contributed by atoms with Gasteiger partial charge in [0.1, 0.15) is 0 Å². The van der Waals surface area contributed by atoms with Crippen LogP contribution in [-0.2, 0) is 22.8 Å². The molecular formula is C17H38O5Si4. The zero-order valence-corrected chi connectivity index (χ0v) is 22.4. The Kier molecular flexibility index (Phi) is 9.93. The highest BCUT2D eigenvalue weighted by Gasteiger charge is 2.44. The molecule has 0 aliphatic rings. The Bertz CT molecular complexity index is 434. The second kappa shape index (κ2) is 9.94. The molecule has 0 heterocycles. The van der Waals surface area contributed by atoms with Crippen molar-refractivity contribution in [3.8, 4) is 0 Å². The highest BCUT2D eigenvalue weighted by atomic mass is 28.4. The third-order valence-electron chi connectivity index (χ3n) is 2.57. The SMILES string of the molecule is C=C(C)C(=O)OCCC[Si]C(O[Si](C)(C)C)(O[Si](C)(C)C)O[Si](C)(C)C. The molecule has 0 amide bonds. The molecule has 0 aromatic carbocycles. The third kappa shape index (κ3) is 13.2. The number of carbonyl (C=O) groups is 1. The molecule has 0 spiro atoms. The molecule has 0 aliphatic heterocycles. The predicted molar refractivity (Wildman–Crippen MR) is 117 cm³/mol. The molecule has 0 saturated heterocycles. The van der Waals surface area contributed by atoms with Crippen LogP contribution in [0.25, 0.3) is 0 Å². The molecule has 26 heavy (non-hydrogen) atoms. The number of hydrogen-bond donors (Lipinski definition) is 0. The topological polar surface area (TPSA) is 54.0 Å². The fourth-order valence-electron chi connectivity index (χ4n) is 1.98. The first-order chi connectivity index (χ1) is 11.4. The predicted octanol–water partition coefficient (Wildman–Crippen LogP) is 4.78. The average molecular weight is 435 g/mol. The van der Waals surface area contributed by atoms with Crippen molar-refractivity contribution in [3.63, 3.8) is 0 Å². The van der Waals surface area contributed by atoms with Crippen molar-refractivity contribution in [2.75, 3.05) is 6.61 Å². The molecule has 0 saturated carbocycles. The Balaban J connectivity index is 5.14. The molecule has 0 unspecified atom stereocenters. The van der Waals surface area contributed by atoms with Gasteiger partial charge in [-0.1, -0.05) is 12.6 Å². The third-order valence-corrected chi connectivity index (χ3v) is 7.16. The van der Waals surface area contributed by atoms with Crippen LogP contribution in [0.1, 0.15) is 13.3 Å². The summed E-state index contributed by atoms with van der Waals surface area (Å²) in [6, 6.07) is 0.822. The van der Waals surface area contributed by atoms with Crippen molar-refractivity contribution in [1.82, 2.24) is 0 Å². The molecule has 5 nitrogen and oxygen atoms in total. The maximum absolute atomic E-state index is 11.5. The van der Waals surface area contributed by atoms with Gasteiger partial charge >= 0.3 is 5.97 Å². The summed E-state index contributed by atoms with van der Waals surface area (Å²) in [5.41, 5.74) is -0.536. The number of ether oxygens (including phenoxy) is 1. The summed E-state index contributed by atoms with van der Waals surface area (Å²) in [6.45, 7) is 25.0. The van der Waals surface area contributed by atoms with E-state index in [4.69, 9.17) is 18.0 Å². The van der Waals surface area contributed by atoms with E-state index >= 15 is 0 Å². The first-order valence-corrected chi connectivity index (χ1v) is 20.6. The quantitative estimate of drug-likeness (QED) is 0.145. The first kappa shape index (κ1) is 26.0. The van der Waals surface area contributed by atoms with E-state index in [2.05, 4.69) is 65.5 Å². The van der Waals surface area contributed by atoms with Gasteiger partial charge in [0.05, 0.1) is 6.61 Å². The van der Waals surface area contributed by atoms with Crippen molar-refractivity contribution in [1.29, 1.82) is 0 Å². The maximum atomic E-state index is 11.5. The average Bonchev–Trinajstić information content (AvgIpc) is 2.30. The molecule has 0 aromatic rings. The zero-order valence-electron chi connectivity index (χ0n) is 18.4. The molecular weight excluding hydrogens is 397 g/mol. The van der Waals surface area contributed by atoms with Crippen LogP contribution in [0.4, 0.5) is 0 Å². The number of esters is 1. The summed E-state index contributed by atoms with van der Waals surface area (Å²) in [5.74, 6) is -0.338. The summed E-state index contributed by atoms with van der Waals surface area (Å²) in [7, 11) is -5.33. The van der Waals surface area contributed by atoms with E-state index in [-0.39, 0.29) is 5.97 Å². The molecule has 152 valence electrons. The lowest BCUT2D eigenvalue weighted by Crippen LogP contribution is -2.59. The molecule has 0 bridgehead atoms. The number of hydrogen-bond acceptors (Lipinski definition) is 5. The van der Waals surface area contributed by atoms with E-state index < -0.39 is 30.5 Å². The zero-order chi connectivity index (χ0) is 20.8. The van der Waals surface area contributed by atoms with E-state index in [1.54, 1.807) is 6.92 Å². The Morgan fingerprint density at radius 2 is 1.27 bits per heavy atom. The normalized spacial score (nSPS) is 13.6. The van der Waals surface area contributed by atoms with Crippen molar-refractivity contribution in [2.24, 2.45) is 0 Å². The van der Waals surface area contributed by atoms with Crippen molar-refractivity contribution >= 4 is 40.4 Å². The number of rotatable bonds is 12. The molecule has 2 radical (unpaired) electrons. The van der Waals surface area contributed by atoms with E-state index in [0.29, 0.717) is 21.7 Å². The minimum Gasteiger partial charge on any atom is -0.462 e. The largest absolute Gasteiger partial charge is 0.462 e. The lowest BCUT2D eigenvalue weighted by molar-refractivity contribution is -0.204. The van der Waals surface area contributed by atoms with E-state index in [0.717, 1.165) is 12.5 Å². The second-order valence-electron chi connectivity index (χ2n) is 9.40. The van der Waals surface area contributed by atoms with Crippen molar-refractivity contribution in [3.05, 3.63) is 12.2 Å². The van der Waals surface area contributed by atoms with Gasteiger partial charge in [0.2, 0.25) is 5.60 Å². The molecule has 0 fully saturated rings. The second-order valence-corrected chi connectivity index (χ2v) is 24.1. The fraction of sp³-hybridized carbons (Fsp3) is 0.824. The standard InChI is InChI=1S/C17H38O5Si4/c1-15(2)16(18)19-13-12-14-23-17(20-24(3,4)5,21-25(6,7)8)22-26(9,10)11/h1,12-14H2,2-11H3. The highest BCUT2D eigenvalue weighted by Crippen LogP contribution is 2.29. The van der Waals surface area contributed by atoms with Gasteiger partial charge in [-0.2, -0.15) is 0 Å². The summed E-state index contributed by atoms with van der Waals surface area (Å²) in [5, 5.41) is 0. The number of carbonyl (C=O) groups excluding carboxylic acids is 1. The first-order valence-electron chi connectivity index (χ1n) is 9.13. The smallest absolute Gasteiger partial charge is 0.333 e. The van der Waals surface area contributed by atoms with Crippen molar-refractivity contribution in [2.45, 2.75) is 83.9 Å². The lowest BCUT2D eigenvalue weighted by Gasteiger charge is -2.45. The van der Waals surface area contributed by atoms with Gasteiger partial charge in [0.15, 0.2) is 34.5 Å². The van der Waals surface area contributed by atoms with Crippen LogP contribution in [0, 0.1) is 0 Å². The van der Waals surface area contributed by atoms with Crippen LogP contribution in [0.15, 0.2) is 12.2 Å². The van der Waals surface area contributed by atoms with Gasteiger partial charge in [-0.15, -0.1) is 0 Å². The Morgan fingerprint density at radius 1 is 0.885 bits per heavy atom. The highest BCUT2D eigenvalue weighted by molar-refractivity contribution is 6.73. The van der Waals surface area contributed by atoms with E-state index in [1.165, 1.54) is 0 Å². The molecule has 0 atom stereocenters. The summed E-state index contributed by atoms with van der Waals surface area (Å²) in [6.07, 6.45) is 0.748. The van der Waals surface area contributed by atoms with Crippen LogP contribution in [-0.4, -0.2) is 52.6 Å². The molecule has 0 rings (SSSR count). The van der Waals surface area contributed by atoms with Crippen LogP contribution in [0.2, 0.25) is 65.0 Å². The Hall–Kier alpha value is -0.0425. The molecule has 9 heteroatoms.